The summed E-state index contributed by atoms with van der Waals surface area (Å²) in [4.78, 5) is 17.6. The van der Waals surface area contributed by atoms with E-state index in [0.717, 1.165) is 14.5 Å². The van der Waals surface area contributed by atoms with Crippen LogP contribution in [0.4, 0.5) is 5.82 Å². The van der Waals surface area contributed by atoms with Crippen LogP contribution in [0.25, 0.3) is 15.3 Å². The second kappa shape index (κ2) is 7.83. The molecule has 33 heavy (non-hydrogen) atoms. The van der Waals surface area contributed by atoms with Gasteiger partial charge in [0.1, 0.15) is 5.82 Å². The molecule has 1 aliphatic rings. The van der Waals surface area contributed by atoms with Crippen molar-refractivity contribution < 1.29 is 22.7 Å². The van der Waals surface area contributed by atoms with E-state index < -0.39 is 15.9 Å². The summed E-state index contributed by atoms with van der Waals surface area (Å²) in [6.07, 6.45) is 0. The van der Waals surface area contributed by atoms with Crippen LogP contribution in [-0.2, 0) is 10.0 Å². The number of sulfonamides is 1. The van der Waals surface area contributed by atoms with Gasteiger partial charge in [-0.15, -0.1) is 0 Å². The first kappa shape index (κ1) is 21.4. The van der Waals surface area contributed by atoms with E-state index in [1.165, 1.54) is 49.7 Å². The van der Waals surface area contributed by atoms with Crippen molar-refractivity contribution in [1.82, 2.24) is 19.1 Å². The summed E-state index contributed by atoms with van der Waals surface area (Å²) >= 11 is 1.41. The lowest BCUT2D eigenvalue weighted by atomic mass is 10.2. The number of benzene rings is 2. The molecule has 0 saturated carbocycles. The van der Waals surface area contributed by atoms with E-state index in [0.29, 0.717) is 33.7 Å². The summed E-state index contributed by atoms with van der Waals surface area (Å²) in [6.45, 7) is 2.01. The van der Waals surface area contributed by atoms with Gasteiger partial charge in [0.25, 0.3) is 5.91 Å². The van der Waals surface area contributed by atoms with Crippen molar-refractivity contribution in [3.8, 4) is 16.6 Å². The van der Waals surface area contributed by atoms with Gasteiger partial charge in [-0.2, -0.15) is 9.78 Å². The van der Waals surface area contributed by atoms with Crippen LogP contribution >= 0.6 is 11.3 Å². The lowest BCUT2D eigenvalue weighted by molar-refractivity contribution is 0.102. The van der Waals surface area contributed by atoms with Crippen LogP contribution in [0, 0.1) is 6.92 Å². The lowest BCUT2D eigenvalue weighted by Crippen LogP contribution is -2.22. The molecule has 1 N–H and O–H groups in total. The van der Waals surface area contributed by atoms with Crippen LogP contribution in [0.3, 0.4) is 0 Å². The third-order valence-electron chi connectivity index (χ3n) is 5.02. The number of amides is 1. The minimum Gasteiger partial charge on any atom is -0.454 e. The van der Waals surface area contributed by atoms with Gasteiger partial charge in [-0.25, -0.2) is 17.7 Å². The minimum absolute atomic E-state index is 0.110. The number of ether oxygens (including phenoxy) is 2. The van der Waals surface area contributed by atoms with Gasteiger partial charge in [-0.05, 0) is 31.2 Å². The predicted molar refractivity (Wildman–Crippen MR) is 123 cm³/mol. The van der Waals surface area contributed by atoms with Crippen molar-refractivity contribution in [3.63, 3.8) is 0 Å². The van der Waals surface area contributed by atoms with Gasteiger partial charge >= 0.3 is 0 Å². The molecule has 1 amide bonds. The number of thiazole rings is 1. The summed E-state index contributed by atoms with van der Waals surface area (Å²) < 4.78 is 38.9. The quantitative estimate of drug-likeness (QED) is 0.462. The Hall–Kier alpha value is -3.48. The smallest absolute Gasteiger partial charge is 0.256 e. The van der Waals surface area contributed by atoms with Crippen molar-refractivity contribution in [2.45, 2.75) is 11.8 Å². The SMILES string of the molecule is Cc1cc(NC(=O)c2ccc(S(=O)(=O)N(C)C)cc2)n(-c2nc3cc4c(cc3s2)OCO4)n1. The number of nitrogens with one attached hydrogen (secondary N) is 1. The number of aromatic nitrogens is 3. The number of carbonyl (C=O) groups excluding carboxylic acids is 1. The monoisotopic (exact) mass is 485 g/mol. The van der Waals surface area contributed by atoms with Crippen molar-refractivity contribution in [2.24, 2.45) is 0 Å². The number of nitrogens with zero attached hydrogens (tertiary/aromatic N) is 4. The van der Waals surface area contributed by atoms with Crippen LogP contribution in [0.5, 0.6) is 11.5 Å². The molecule has 0 saturated heterocycles. The van der Waals surface area contributed by atoms with Crippen molar-refractivity contribution >= 4 is 43.3 Å². The molecule has 170 valence electrons. The molecule has 0 aliphatic carbocycles. The highest BCUT2D eigenvalue weighted by atomic mass is 32.2. The predicted octanol–water partition coefficient (Wildman–Crippen LogP) is 3.02. The van der Waals surface area contributed by atoms with Crippen LogP contribution in [0.15, 0.2) is 47.4 Å². The Bertz CT molecular complexity index is 1450. The summed E-state index contributed by atoms with van der Waals surface area (Å²) in [6, 6.07) is 11.2. The van der Waals surface area contributed by atoms with E-state index in [-0.39, 0.29) is 11.7 Å². The first-order chi connectivity index (χ1) is 15.7. The Morgan fingerprint density at radius 3 is 2.52 bits per heavy atom. The Balaban J connectivity index is 1.43. The van der Waals surface area contributed by atoms with Gasteiger partial charge in [0, 0.05) is 37.9 Å². The van der Waals surface area contributed by atoms with Crippen molar-refractivity contribution in [1.29, 1.82) is 0 Å². The normalized spacial score (nSPS) is 13.1. The maximum absolute atomic E-state index is 12.8. The Kier molecular flexibility index (Phi) is 5.07. The molecule has 0 atom stereocenters. The lowest BCUT2D eigenvalue weighted by Gasteiger charge is -2.11. The fourth-order valence-electron chi connectivity index (χ4n) is 3.31. The largest absolute Gasteiger partial charge is 0.454 e. The first-order valence-electron chi connectivity index (χ1n) is 9.83. The van der Waals surface area contributed by atoms with Crippen LogP contribution < -0.4 is 14.8 Å². The number of fused-ring (bicyclic) bond motifs is 2. The van der Waals surface area contributed by atoms with E-state index in [9.17, 15) is 13.2 Å². The molecule has 1 aliphatic heterocycles. The van der Waals surface area contributed by atoms with Gasteiger partial charge in [-0.1, -0.05) is 11.3 Å². The van der Waals surface area contributed by atoms with E-state index in [1.54, 1.807) is 10.7 Å². The van der Waals surface area contributed by atoms with Gasteiger partial charge in [0.2, 0.25) is 21.9 Å². The Morgan fingerprint density at radius 1 is 1.12 bits per heavy atom. The molecule has 0 fully saturated rings. The highest BCUT2D eigenvalue weighted by Crippen LogP contribution is 2.39. The van der Waals surface area contributed by atoms with Gasteiger partial charge < -0.3 is 14.8 Å². The molecule has 0 radical (unpaired) electrons. The van der Waals surface area contributed by atoms with E-state index in [1.807, 2.05) is 19.1 Å². The van der Waals surface area contributed by atoms with Crippen LogP contribution in [0.1, 0.15) is 16.1 Å². The Morgan fingerprint density at radius 2 is 1.82 bits per heavy atom. The maximum atomic E-state index is 12.8. The topological polar surface area (TPSA) is 116 Å². The van der Waals surface area contributed by atoms with Gasteiger partial charge in [0.05, 0.1) is 20.8 Å². The number of hydrogen-bond acceptors (Lipinski definition) is 8. The molecule has 3 heterocycles. The van der Waals surface area contributed by atoms with E-state index in [2.05, 4.69) is 15.4 Å². The van der Waals surface area contributed by atoms with Crippen molar-refractivity contribution in [2.75, 3.05) is 26.2 Å². The van der Waals surface area contributed by atoms with E-state index >= 15 is 0 Å². The second-order valence-electron chi connectivity index (χ2n) is 7.52. The fourth-order valence-corrected chi connectivity index (χ4v) is 5.15. The Labute approximate surface area is 193 Å². The molecule has 10 nitrogen and oxygen atoms in total. The molecule has 5 rings (SSSR count). The molecule has 2 aromatic carbocycles. The number of carbonyl (C=O) groups is 1. The molecule has 4 aromatic rings. The van der Waals surface area contributed by atoms with Crippen LogP contribution in [-0.4, -0.2) is 54.3 Å². The number of anilines is 1. The minimum atomic E-state index is -3.57. The molecule has 12 heteroatoms. The first-order valence-corrected chi connectivity index (χ1v) is 12.1. The fraction of sp³-hybridized carbons (Fsp3) is 0.190. The zero-order valence-electron chi connectivity index (χ0n) is 17.9. The molecule has 0 spiro atoms. The third-order valence-corrected chi connectivity index (χ3v) is 7.84. The number of rotatable bonds is 5. The van der Waals surface area contributed by atoms with Crippen LogP contribution in [0.2, 0.25) is 0 Å². The molecular weight excluding hydrogens is 466 g/mol. The molecule has 2 aromatic heterocycles. The third kappa shape index (κ3) is 3.81. The second-order valence-corrected chi connectivity index (χ2v) is 10.7. The highest BCUT2D eigenvalue weighted by Gasteiger charge is 2.21. The molecule has 0 bridgehead atoms. The summed E-state index contributed by atoms with van der Waals surface area (Å²) in [5, 5.41) is 7.88. The van der Waals surface area contributed by atoms with Crippen molar-refractivity contribution in [3.05, 3.63) is 53.7 Å². The average Bonchev–Trinajstić information content (AvgIpc) is 3.49. The summed E-state index contributed by atoms with van der Waals surface area (Å²) in [5.41, 5.74) is 1.75. The molecular formula is C21H19N5O5S2. The highest BCUT2D eigenvalue weighted by molar-refractivity contribution is 7.89. The van der Waals surface area contributed by atoms with Gasteiger partial charge in [-0.3, -0.25) is 4.79 Å². The average molecular weight is 486 g/mol. The summed E-state index contributed by atoms with van der Waals surface area (Å²) in [7, 11) is -0.665. The maximum Gasteiger partial charge on any atom is 0.256 e. The summed E-state index contributed by atoms with van der Waals surface area (Å²) in [5.74, 6) is 1.36. The zero-order valence-corrected chi connectivity index (χ0v) is 19.5. The standard InChI is InChI=1S/C21H19N5O5S2/c1-12-8-19(23-20(27)13-4-6-14(7-5-13)33(28,29)25(2)3)26(24-12)21-22-15-9-16-17(31-11-30-16)10-18(15)32-21/h4-10H,11H2,1-3H3,(H,23,27). The van der Waals surface area contributed by atoms with Gasteiger partial charge in [0.15, 0.2) is 11.5 Å². The van der Waals surface area contributed by atoms with E-state index in [4.69, 9.17) is 9.47 Å². The number of aryl methyl sites for hydroxylation is 1. The zero-order chi connectivity index (χ0) is 23.3. The number of hydrogen-bond donors (Lipinski definition) is 1. The molecule has 0 unspecified atom stereocenters.